The number of benzene rings is 1. The van der Waals surface area contributed by atoms with Crippen molar-refractivity contribution in [3.63, 3.8) is 0 Å². The van der Waals surface area contributed by atoms with Crippen molar-refractivity contribution in [1.82, 2.24) is 5.32 Å². The van der Waals surface area contributed by atoms with E-state index in [2.05, 4.69) is 17.4 Å². The molecule has 1 aliphatic carbocycles. The number of ether oxygens (including phenoxy) is 2. The summed E-state index contributed by atoms with van der Waals surface area (Å²) in [4.78, 5) is 12.3. The molecule has 1 amide bonds. The lowest BCUT2D eigenvalue weighted by atomic mass is 9.82. The molecular formula is C18H25NO3. The summed E-state index contributed by atoms with van der Waals surface area (Å²) in [5.41, 5.74) is 2.73. The SMILES string of the molecule is COc1ccc2c(c1)CCC[C@@H]2CNC(=O)[C@H]1CCO[C@H]1C. The van der Waals surface area contributed by atoms with E-state index >= 15 is 0 Å². The fraction of sp³-hybridized carbons (Fsp3) is 0.611. The molecule has 1 aromatic carbocycles. The monoisotopic (exact) mass is 303 g/mol. The molecule has 1 heterocycles. The number of hydrogen-bond acceptors (Lipinski definition) is 3. The number of carbonyl (C=O) groups is 1. The van der Waals surface area contributed by atoms with Gasteiger partial charge in [-0.2, -0.15) is 0 Å². The molecule has 0 saturated carbocycles. The van der Waals surface area contributed by atoms with E-state index in [1.165, 1.54) is 17.5 Å². The molecule has 0 unspecified atom stereocenters. The Kier molecular flexibility index (Phi) is 4.67. The molecule has 3 atom stereocenters. The van der Waals surface area contributed by atoms with E-state index in [0.717, 1.165) is 31.6 Å². The smallest absolute Gasteiger partial charge is 0.225 e. The third-order valence-corrected chi connectivity index (χ3v) is 5.02. The fourth-order valence-corrected chi connectivity index (χ4v) is 3.66. The first-order chi connectivity index (χ1) is 10.7. The minimum atomic E-state index is 0.0129. The van der Waals surface area contributed by atoms with E-state index in [4.69, 9.17) is 9.47 Å². The molecule has 0 bridgehead atoms. The average molecular weight is 303 g/mol. The van der Waals surface area contributed by atoms with Gasteiger partial charge in [0.25, 0.3) is 0 Å². The number of methoxy groups -OCH3 is 1. The first kappa shape index (κ1) is 15.3. The molecule has 4 nitrogen and oxygen atoms in total. The lowest BCUT2D eigenvalue weighted by Gasteiger charge is -2.27. The second-order valence-electron chi connectivity index (χ2n) is 6.37. The highest BCUT2D eigenvalue weighted by Gasteiger charge is 2.31. The van der Waals surface area contributed by atoms with Crippen LogP contribution in [0.15, 0.2) is 18.2 Å². The van der Waals surface area contributed by atoms with Crippen molar-refractivity contribution in [3.05, 3.63) is 29.3 Å². The van der Waals surface area contributed by atoms with Gasteiger partial charge in [0.15, 0.2) is 0 Å². The maximum absolute atomic E-state index is 12.3. The van der Waals surface area contributed by atoms with Gasteiger partial charge in [0, 0.05) is 19.1 Å². The average Bonchev–Trinajstić information content (AvgIpc) is 2.98. The highest BCUT2D eigenvalue weighted by molar-refractivity contribution is 5.79. The number of hydrogen-bond donors (Lipinski definition) is 1. The number of aryl methyl sites for hydroxylation is 1. The van der Waals surface area contributed by atoms with Gasteiger partial charge in [-0.3, -0.25) is 4.79 Å². The minimum absolute atomic E-state index is 0.0129. The zero-order valence-electron chi connectivity index (χ0n) is 13.4. The second kappa shape index (κ2) is 6.69. The molecule has 1 fully saturated rings. The normalized spacial score (nSPS) is 27.3. The Bertz CT molecular complexity index is 543. The van der Waals surface area contributed by atoms with Gasteiger partial charge in [0.2, 0.25) is 5.91 Å². The van der Waals surface area contributed by atoms with Gasteiger partial charge in [-0.05, 0) is 55.9 Å². The molecule has 0 radical (unpaired) electrons. The van der Waals surface area contributed by atoms with Gasteiger partial charge < -0.3 is 14.8 Å². The Morgan fingerprint density at radius 1 is 1.41 bits per heavy atom. The van der Waals surface area contributed by atoms with Crippen molar-refractivity contribution in [2.75, 3.05) is 20.3 Å². The van der Waals surface area contributed by atoms with E-state index in [9.17, 15) is 4.79 Å². The molecule has 1 saturated heterocycles. The highest BCUT2D eigenvalue weighted by Crippen LogP contribution is 2.33. The van der Waals surface area contributed by atoms with Crippen molar-refractivity contribution in [2.24, 2.45) is 5.92 Å². The summed E-state index contributed by atoms with van der Waals surface area (Å²) in [6.45, 7) is 3.41. The first-order valence-corrected chi connectivity index (χ1v) is 8.25. The Morgan fingerprint density at radius 2 is 2.27 bits per heavy atom. The summed E-state index contributed by atoms with van der Waals surface area (Å²) < 4.78 is 10.8. The molecule has 1 N–H and O–H groups in total. The van der Waals surface area contributed by atoms with Gasteiger partial charge in [0.05, 0.1) is 19.1 Å². The summed E-state index contributed by atoms with van der Waals surface area (Å²) in [5.74, 6) is 1.49. The van der Waals surface area contributed by atoms with Crippen LogP contribution in [0, 0.1) is 5.92 Å². The van der Waals surface area contributed by atoms with E-state index in [0.29, 0.717) is 12.5 Å². The standard InChI is InChI=1S/C18H25NO3/c1-12-16(8-9-22-12)18(20)19-11-14-5-3-4-13-10-15(21-2)6-7-17(13)14/h6-7,10,12,14,16H,3-5,8-9,11H2,1-2H3,(H,19,20)/t12-,14+,16-/m0/s1. The van der Waals surface area contributed by atoms with E-state index in [1.54, 1.807) is 7.11 Å². The molecule has 4 heteroatoms. The number of fused-ring (bicyclic) bond motifs is 1. The third-order valence-electron chi connectivity index (χ3n) is 5.02. The molecule has 1 aromatic rings. The van der Waals surface area contributed by atoms with Crippen LogP contribution in [0.2, 0.25) is 0 Å². The number of amides is 1. The molecule has 1 aliphatic heterocycles. The van der Waals surface area contributed by atoms with Crippen LogP contribution in [0.5, 0.6) is 5.75 Å². The van der Waals surface area contributed by atoms with Crippen LogP contribution >= 0.6 is 0 Å². The van der Waals surface area contributed by atoms with Crippen LogP contribution in [0.25, 0.3) is 0 Å². The van der Waals surface area contributed by atoms with Crippen LogP contribution in [-0.4, -0.2) is 32.3 Å². The Balaban J connectivity index is 1.63. The van der Waals surface area contributed by atoms with Crippen LogP contribution in [-0.2, 0) is 16.0 Å². The van der Waals surface area contributed by atoms with Crippen molar-refractivity contribution in [3.8, 4) is 5.75 Å². The third kappa shape index (κ3) is 3.12. The molecule has 0 spiro atoms. The van der Waals surface area contributed by atoms with Gasteiger partial charge >= 0.3 is 0 Å². The van der Waals surface area contributed by atoms with Crippen LogP contribution in [0.1, 0.15) is 43.2 Å². The maximum atomic E-state index is 12.3. The topological polar surface area (TPSA) is 47.6 Å². The first-order valence-electron chi connectivity index (χ1n) is 8.25. The Morgan fingerprint density at radius 3 is 3.00 bits per heavy atom. The lowest BCUT2D eigenvalue weighted by Crippen LogP contribution is -2.37. The van der Waals surface area contributed by atoms with Crippen LogP contribution in [0.4, 0.5) is 0 Å². The van der Waals surface area contributed by atoms with E-state index in [1.807, 2.05) is 13.0 Å². The number of carbonyl (C=O) groups excluding carboxylic acids is 1. The predicted octanol–water partition coefficient (Wildman–Crippen LogP) is 2.66. The zero-order valence-corrected chi connectivity index (χ0v) is 13.4. The molecule has 3 rings (SSSR count). The van der Waals surface area contributed by atoms with E-state index < -0.39 is 0 Å². The lowest BCUT2D eigenvalue weighted by molar-refractivity contribution is -0.126. The Hall–Kier alpha value is -1.55. The summed E-state index contributed by atoms with van der Waals surface area (Å²) in [7, 11) is 1.70. The largest absolute Gasteiger partial charge is 0.497 e. The molecule has 2 aliphatic rings. The maximum Gasteiger partial charge on any atom is 0.225 e. The summed E-state index contributed by atoms with van der Waals surface area (Å²) in [5, 5.41) is 3.14. The van der Waals surface area contributed by atoms with Crippen LogP contribution in [0.3, 0.4) is 0 Å². The molecular weight excluding hydrogens is 278 g/mol. The molecule has 22 heavy (non-hydrogen) atoms. The zero-order chi connectivity index (χ0) is 15.5. The minimum Gasteiger partial charge on any atom is -0.497 e. The molecule has 120 valence electrons. The summed E-state index contributed by atoms with van der Waals surface area (Å²) in [6, 6.07) is 6.31. The van der Waals surface area contributed by atoms with Gasteiger partial charge in [0.1, 0.15) is 5.75 Å². The quantitative estimate of drug-likeness (QED) is 0.930. The molecule has 0 aromatic heterocycles. The van der Waals surface area contributed by atoms with Crippen molar-refractivity contribution in [2.45, 2.75) is 44.6 Å². The van der Waals surface area contributed by atoms with Crippen molar-refractivity contribution < 1.29 is 14.3 Å². The van der Waals surface area contributed by atoms with Gasteiger partial charge in [-0.15, -0.1) is 0 Å². The second-order valence-corrected chi connectivity index (χ2v) is 6.37. The summed E-state index contributed by atoms with van der Waals surface area (Å²) >= 11 is 0. The number of rotatable bonds is 4. The Labute approximate surface area is 132 Å². The van der Waals surface area contributed by atoms with Crippen molar-refractivity contribution in [1.29, 1.82) is 0 Å². The van der Waals surface area contributed by atoms with E-state index in [-0.39, 0.29) is 17.9 Å². The highest BCUT2D eigenvalue weighted by atomic mass is 16.5. The fourth-order valence-electron chi connectivity index (χ4n) is 3.66. The predicted molar refractivity (Wildman–Crippen MR) is 85.2 cm³/mol. The van der Waals surface area contributed by atoms with Crippen molar-refractivity contribution >= 4 is 5.91 Å². The number of nitrogens with one attached hydrogen (secondary N) is 1. The van der Waals surface area contributed by atoms with Gasteiger partial charge in [-0.25, -0.2) is 0 Å². The van der Waals surface area contributed by atoms with Gasteiger partial charge in [-0.1, -0.05) is 6.07 Å². The van der Waals surface area contributed by atoms with Crippen LogP contribution < -0.4 is 10.1 Å². The summed E-state index contributed by atoms with van der Waals surface area (Å²) in [6.07, 6.45) is 4.29.